The molecule has 1 aliphatic heterocycles. The molecule has 0 radical (unpaired) electrons. The molecule has 1 unspecified atom stereocenters. The third kappa shape index (κ3) is 3.41. The molecular formula is C8H16ClNO. The lowest BCUT2D eigenvalue weighted by atomic mass is 10.3. The third-order valence-corrected chi connectivity index (χ3v) is 2.45. The predicted octanol–water partition coefficient (Wildman–Crippen LogP) is 1.34. The van der Waals surface area contributed by atoms with E-state index in [9.17, 15) is 0 Å². The highest BCUT2D eigenvalue weighted by atomic mass is 35.5. The molecule has 3 heteroatoms. The molecule has 0 aliphatic carbocycles. The fourth-order valence-electron chi connectivity index (χ4n) is 1.19. The van der Waals surface area contributed by atoms with Crippen LogP contribution in [-0.4, -0.2) is 43.1 Å². The number of halogens is 1. The van der Waals surface area contributed by atoms with Crippen molar-refractivity contribution < 1.29 is 4.74 Å². The molecule has 0 aromatic heterocycles. The van der Waals surface area contributed by atoms with Crippen LogP contribution < -0.4 is 0 Å². The van der Waals surface area contributed by atoms with E-state index in [-0.39, 0.29) is 0 Å². The zero-order valence-corrected chi connectivity index (χ0v) is 7.81. The first kappa shape index (κ1) is 9.30. The Morgan fingerprint density at radius 1 is 1.45 bits per heavy atom. The van der Waals surface area contributed by atoms with E-state index in [0.717, 1.165) is 39.3 Å². The van der Waals surface area contributed by atoms with Gasteiger partial charge in [0, 0.05) is 25.0 Å². The first-order valence-corrected chi connectivity index (χ1v) is 4.70. The Morgan fingerprint density at radius 2 is 2.09 bits per heavy atom. The van der Waals surface area contributed by atoms with Crippen LogP contribution in [0, 0.1) is 0 Å². The standard InChI is InChI=1S/C8H16ClNO/c1-2-8(9)7-10-3-5-11-6-4-10/h8H,2-7H2,1H3. The highest BCUT2D eigenvalue weighted by Crippen LogP contribution is 2.05. The number of alkyl halides is 1. The number of hydrogen-bond donors (Lipinski definition) is 0. The summed E-state index contributed by atoms with van der Waals surface area (Å²) in [5.41, 5.74) is 0. The minimum atomic E-state index is 0.313. The van der Waals surface area contributed by atoms with Crippen LogP contribution in [0.15, 0.2) is 0 Å². The van der Waals surface area contributed by atoms with Gasteiger partial charge in [-0.1, -0.05) is 6.92 Å². The Bertz CT molecular complexity index is 104. The molecule has 0 amide bonds. The van der Waals surface area contributed by atoms with Gasteiger partial charge in [0.1, 0.15) is 0 Å². The highest BCUT2D eigenvalue weighted by Gasteiger charge is 2.12. The highest BCUT2D eigenvalue weighted by molar-refractivity contribution is 6.20. The topological polar surface area (TPSA) is 12.5 Å². The van der Waals surface area contributed by atoms with Crippen molar-refractivity contribution in [1.82, 2.24) is 4.90 Å². The molecule has 0 saturated carbocycles. The zero-order chi connectivity index (χ0) is 8.10. The summed E-state index contributed by atoms with van der Waals surface area (Å²) in [6, 6.07) is 0. The van der Waals surface area contributed by atoms with Crippen LogP contribution >= 0.6 is 11.6 Å². The molecule has 1 saturated heterocycles. The van der Waals surface area contributed by atoms with Gasteiger partial charge in [0.2, 0.25) is 0 Å². The second-order valence-corrected chi connectivity index (χ2v) is 3.54. The normalized spacial score (nSPS) is 23.5. The Morgan fingerprint density at radius 3 is 2.64 bits per heavy atom. The van der Waals surface area contributed by atoms with Crippen molar-refractivity contribution in [2.45, 2.75) is 18.7 Å². The van der Waals surface area contributed by atoms with Crippen molar-refractivity contribution in [3.8, 4) is 0 Å². The van der Waals surface area contributed by atoms with Gasteiger partial charge >= 0.3 is 0 Å². The number of nitrogens with zero attached hydrogens (tertiary/aromatic N) is 1. The van der Waals surface area contributed by atoms with Gasteiger partial charge in [-0.25, -0.2) is 0 Å². The van der Waals surface area contributed by atoms with Crippen LogP contribution in [0.3, 0.4) is 0 Å². The molecule has 11 heavy (non-hydrogen) atoms. The molecule has 1 aliphatic rings. The van der Waals surface area contributed by atoms with Crippen molar-refractivity contribution >= 4 is 11.6 Å². The van der Waals surface area contributed by atoms with E-state index in [4.69, 9.17) is 16.3 Å². The fourth-order valence-corrected chi connectivity index (χ4v) is 1.39. The average Bonchev–Trinajstić information content (AvgIpc) is 2.06. The number of hydrogen-bond acceptors (Lipinski definition) is 2. The quantitative estimate of drug-likeness (QED) is 0.604. The Labute approximate surface area is 73.5 Å². The van der Waals surface area contributed by atoms with Gasteiger partial charge in [-0.3, -0.25) is 4.90 Å². The molecule has 0 aromatic rings. The molecule has 1 rings (SSSR count). The minimum absolute atomic E-state index is 0.313. The number of rotatable bonds is 3. The SMILES string of the molecule is CCC(Cl)CN1CCOCC1. The number of ether oxygens (including phenoxy) is 1. The van der Waals surface area contributed by atoms with E-state index in [0.29, 0.717) is 5.38 Å². The molecule has 0 N–H and O–H groups in total. The lowest BCUT2D eigenvalue weighted by Gasteiger charge is -2.27. The van der Waals surface area contributed by atoms with E-state index in [2.05, 4.69) is 11.8 Å². The van der Waals surface area contributed by atoms with Crippen LogP contribution in [-0.2, 0) is 4.74 Å². The van der Waals surface area contributed by atoms with Gasteiger partial charge in [0.15, 0.2) is 0 Å². The maximum absolute atomic E-state index is 6.02. The molecule has 66 valence electrons. The molecule has 0 bridgehead atoms. The minimum Gasteiger partial charge on any atom is -0.379 e. The van der Waals surface area contributed by atoms with Crippen LogP contribution in [0.25, 0.3) is 0 Å². The van der Waals surface area contributed by atoms with Crippen LogP contribution in [0.4, 0.5) is 0 Å². The van der Waals surface area contributed by atoms with Gasteiger partial charge in [0.05, 0.1) is 13.2 Å². The molecule has 1 fully saturated rings. The average molecular weight is 178 g/mol. The van der Waals surface area contributed by atoms with Gasteiger partial charge in [0.25, 0.3) is 0 Å². The van der Waals surface area contributed by atoms with Gasteiger partial charge < -0.3 is 4.74 Å². The first-order chi connectivity index (χ1) is 5.33. The molecule has 0 spiro atoms. The van der Waals surface area contributed by atoms with Gasteiger partial charge in [-0.2, -0.15) is 0 Å². The Kier molecular flexibility index (Phi) is 4.20. The van der Waals surface area contributed by atoms with Crippen LogP contribution in [0.1, 0.15) is 13.3 Å². The third-order valence-electron chi connectivity index (χ3n) is 2.00. The van der Waals surface area contributed by atoms with Crippen molar-refractivity contribution in [2.24, 2.45) is 0 Å². The summed E-state index contributed by atoms with van der Waals surface area (Å²) >= 11 is 6.02. The van der Waals surface area contributed by atoms with E-state index in [1.54, 1.807) is 0 Å². The van der Waals surface area contributed by atoms with Crippen molar-refractivity contribution in [3.63, 3.8) is 0 Å². The summed E-state index contributed by atoms with van der Waals surface area (Å²) in [5.74, 6) is 0. The Balaban J connectivity index is 2.13. The largest absolute Gasteiger partial charge is 0.379 e. The molecule has 2 nitrogen and oxygen atoms in total. The molecular weight excluding hydrogens is 162 g/mol. The van der Waals surface area contributed by atoms with Crippen molar-refractivity contribution in [2.75, 3.05) is 32.8 Å². The van der Waals surface area contributed by atoms with E-state index < -0.39 is 0 Å². The summed E-state index contributed by atoms with van der Waals surface area (Å²) in [7, 11) is 0. The summed E-state index contributed by atoms with van der Waals surface area (Å²) in [6.07, 6.45) is 1.05. The molecule has 1 atom stereocenters. The zero-order valence-electron chi connectivity index (χ0n) is 7.05. The van der Waals surface area contributed by atoms with Crippen molar-refractivity contribution in [1.29, 1.82) is 0 Å². The fraction of sp³-hybridized carbons (Fsp3) is 1.00. The maximum Gasteiger partial charge on any atom is 0.0594 e. The lowest BCUT2D eigenvalue weighted by molar-refractivity contribution is 0.0378. The van der Waals surface area contributed by atoms with Crippen LogP contribution in [0.5, 0.6) is 0 Å². The first-order valence-electron chi connectivity index (χ1n) is 4.27. The summed E-state index contributed by atoms with van der Waals surface area (Å²) < 4.78 is 5.23. The smallest absolute Gasteiger partial charge is 0.0594 e. The molecule has 0 aromatic carbocycles. The summed E-state index contributed by atoms with van der Waals surface area (Å²) in [4.78, 5) is 2.37. The predicted molar refractivity (Wildman–Crippen MR) is 47.2 cm³/mol. The van der Waals surface area contributed by atoms with Crippen molar-refractivity contribution in [3.05, 3.63) is 0 Å². The van der Waals surface area contributed by atoms with E-state index in [1.165, 1.54) is 0 Å². The second kappa shape index (κ2) is 4.96. The second-order valence-electron chi connectivity index (χ2n) is 2.92. The summed E-state index contributed by atoms with van der Waals surface area (Å²) in [6.45, 7) is 6.96. The van der Waals surface area contributed by atoms with Gasteiger partial charge in [-0.15, -0.1) is 11.6 Å². The maximum atomic E-state index is 6.02. The summed E-state index contributed by atoms with van der Waals surface area (Å²) in [5, 5.41) is 0.313. The number of morpholine rings is 1. The van der Waals surface area contributed by atoms with E-state index >= 15 is 0 Å². The monoisotopic (exact) mass is 177 g/mol. The van der Waals surface area contributed by atoms with Crippen LogP contribution in [0.2, 0.25) is 0 Å². The van der Waals surface area contributed by atoms with E-state index in [1.807, 2.05) is 0 Å². The Hall–Kier alpha value is 0.210. The lowest BCUT2D eigenvalue weighted by Crippen LogP contribution is -2.39. The van der Waals surface area contributed by atoms with Gasteiger partial charge in [-0.05, 0) is 6.42 Å². The molecule has 1 heterocycles.